The Balaban J connectivity index is 2.20. The van der Waals surface area contributed by atoms with Gasteiger partial charge in [-0.05, 0) is 19.4 Å². The molecular formula is C14H19N3O2. The van der Waals surface area contributed by atoms with Crippen LogP contribution in [0, 0.1) is 6.92 Å². The van der Waals surface area contributed by atoms with Crippen molar-refractivity contribution in [2.75, 3.05) is 20.3 Å². The third-order valence-electron chi connectivity index (χ3n) is 3.22. The highest BCUT2D eigenvalue weighted by atomic mass is 16.5. The van der Waals surface area contributed by atoms with E-state index >= 15 is 0 Å². The first-order chi connectivity index (χ1) is 9.06. The van der Waals surface area contributed by atoms with E-state index in [2.05, 4.69) is 15.6 Å². The molecule has 1 aromatic carbocycles. The molecule has 5 heteroatoms. The van der Waals surface area contributed by atoms with Crippen molar-refractivity contribution in [3.05, 3.63) is 35.4 Å². The molecule has 1 fully saturated rings. The number of carbonyl (C=O) groups excluding carboxylic acids is 1. The van der Waals surface area contributed by atoms with Crippen molar-refractivity contribution < 1.29 is 9.53 Å². The minimum absolute atomic E-state index is 0.0886. The molecule has 5 nitrogen and oxygen atoms in total. The molecule has 19 heavy (non-hydrogen) atoms. The Hall–Kier alpha value is -1.88. The zero-order valence-electron chi connectivity index (χ0n) is 11.5. The van der Waals surface area contributed by atoms with Gasteiger partial charge in [-0.3, -0.25) is 15.1 Å². The van der Waals surface area contributed by atoms with Gasteiger partial charge >= 0.3 is 0 Å². The highest BCUT2D eigenvalue weighted by Crippen LogP contribution is 2.24. The highest BCUT2D eigenvalue weighted by molar-refractivity contribution is 6.09. The van der Waals surface area contributed by atoms with Crippen LogP contribution in [-0.2, 0) is 15.1 Å². The topological polar surface area (TPSA) is 62.7 Å². The Kier molecular flexibility index (Phi) is 3.85. The molecule has 1 aliphatic rings. The van der Waals surface area contributed by atoms with Crippen LogP contribution in [0.25, 0.3) is 0 Å². The molecule has 0 radical (unpaired) electrons. The maximum atomic E-state index is 12.2. The molecule has 0 bridgehead atoms. The summed E-state index contributed by atoms with van der Waals surface area (Å²) in [5, 5.41) is 5.92. The fourth-order valence-electron chi connectivity index (χ4n) is 2.04. The molecule has 0 aromatic heterocycles. The Bertz CT molecular complexity index is 513. The van der Waals surface area contributed by atoms with Crippen LogP contribution in [0.15, 0.2) is 29.3 Å². The third kappa shape index (κ3) is 2.76. The van der Waals surface area contributed by atoms with Gasteiger partial charge in [0.05, 0.1) is 13.2 Å². The van der Waals surface area contributed by atoms with Crippen LogP contribution < -0.4 is 10.6 Å². The quantitative estimate of drug-likeness (QED) is 0.793. The smallest absolute Gasteiger partial charge is 0.256 e. The number of rotatable bonds is 4. The summed E-state index contributed by atoms with van der Waals surface area (Å²) >= 11 is 0. The minimum atomic E-state index is -0.766. The SMILES string of the molecule is COCCN=C1NC(=O)C(C)(c2cccc(C)c2)N1. The average Bonchev–Trinajstić information content (AvgIpc) is 2.67. The van der Waals surface area contributed by atoms with Crippen molar-refractivity contribution in [2.45, 2.75) is 19.4 Å². The van der Waals surface area contributed by atoms with Crippen LogP contribution in [0.3, 0.4) is 0 Å². The molecule has 0 saturated carbocycles. The van der Waals surface area contributed by atoms with Crippen LogP contribution in [0.2, 0.25) is 0 Å². The highest BCUT2D eigenvalue weighted by Gasteiger charge is 2.42. The van der Waals surface area contributed by atoms with Gasteiger partial charge < -0.3 is 10.1 Å². The number of guanidine groups is 1. The molecular weight excluding hydrogens is 242 g/mol. The zero-order chi connectivity index (χ0) is 13.9. The van der Waals surface area contributed by atoms with Crippen LogP contribution in [0.1, 0.15) is 18.1 Å². The van der Waals surface area contributed by atoms with E-state index < -0.39 is 5.54 Å². The summed E-state index contributed by atoms with van der Waals surface area (Å²) in [6.45, 7) is 4.91. The Morgan fingerprint density at radius 3 is 2.89 bits per heavy atom. The summed E-state index contributed by atoms with van der Waals surface area (Å²) in [4.78, 5) is 16.4. The van der Waals surface area contributed by atoms with E-state index in [0.717, 1.165) is 11.1 Å². The first-order valence-corrected chi connectivity index (χ1v) is 6.26. The maximum Gasteiger partial charge on any atom is 0.256 e. The molecule has 1 amide bonds. The van der Waals surface area contributed by atoms with Crippen molar-refractivity contribution in [1.82, 2.24) is 10.6 Å². The summed E-state index contributed by atoms with van der Waals surface area (Å²) in [6, 6.07) is 7.90. The summed E-state index contributed by atoms with van der Waals surface area (Å²) in [5.41, 5.74) is 1.29. The van der Waals surface area contributed by atoms with Gasteiger partial charge in [0.2, 0.25) is 0 Å². The molecule has 2 rings (SSSR count). The third-order valence-corrected chi connectivity index (χ3v) is 3.22. The Morgan fingerprint density at radius 2 is 2.21 bits per heavy atom. The molecule has 0 spiro atoms. The number of aryl methyl sites for hydroxylation is 1. The van der Waals surface area contributed by atoms with Gasteiger partial charge in [-0.2, -0.15) is 0 Å². The number of ether oxygens (including phenoxy) is 1. The summed E-state index contributed by atoms with van der Waals surface area (Å²) < 4.78 is 4.93. The van der Waals surface area contributed by atoms with Crippen molar-refractivity contribution >= 4 is 11.9 Å². The predicted molar refractivity (Wildman–Crippen MR) is 74.0 cm³/mol. The van der Waals surface area contributed by atoms with E-state index in [1.807, 2.05) is 38.1 Å². The molecule has 0 aliphatic carbocycles. The molecule has 1 heterocycles. The van der Waals surface area contributed by atoms with Crippen LogP contribution in [-0.4, -0.2) is 32.1 Å². The standard InChI is InChI=1S/C14H19N3O2/c1-10-5-4-6-11(9-10)14(2)12(18)16-13(17-14)15-7-8-19-3/h4-6,9H,7-8H2,1-3H3,(H2,15,16,17,18). The molecule has 1 aliphatic heterocycles. The first-order valence-electron chi connectivity index (χ1n) is 6.26. The van der Waals surface area contributed by atoms with Gasteiger partial charge in [-0.15, -0.1) is 0 Å². The Labute approximate surface area is 113 Å². The number of aliphatic imine (C=N–C) groups is 1. The molecule has 1 unspecified atom stereocenters. The fourth-order valence-corrected chi connectivity index (χ4v) is 2.04. The van der Waals surface area contributed by atoms with Crippen molar-refractivity contribution in [3.8, 4) is 0 Å². The minimum Gasteiger partial charge on any atom is -0.383 e. The van der Waals surface area contributed by atoms with E-state index in [9.17, 15) is 4.79 Å². The van der Waals surface area contributed by atoms with Gasteiger partial charge in [-0.25, -0.2) is 0 Å². The number of carbonyl (C=O) groups is 1. The van der Waals surface area contributed by atoms with Crippen LogP contribution in [0.4, 0.5) is 0 Å². The van der Waals surface area contributed by atoms with E-state index in [1.54, 1.807) is 7.11 Å². The number of nitrogens with one attached hydrogen (secondary N) is 2. The van der Waals surface area contributed by atoms with Crippen molar-refractivity contribution in [3.63, 3.8) is 0 Å². The zero-order valence-corrected chi connectivity index (χ0v) is 11.5. The van der Waals surface area contributed by atoms with Gasteiger partial charge in [-0.1, -0.05) is 29.8 Å². The van der Waals surface area contributed by atoms with Crippen molar-refractivity contribution in [2.24, 2.45) is 4.99 Å². The monoisotopic (exact) mass is 261 g/mol. The Morgan fingerprint density at radius 1 is 1.42 bits per heavy atom. The van der Waals surface area contributed by atoms with Gasteiger partial charge in [0, 0.05) is 7.11 Å². The molecule has 102 valence electrons. The lowest BCUT2D eigenvalue weighted by atomic mass is 9.91. The van der Waals surface area contributed by atoms with Crippen LogP contribution >= 0.6 is 0 Å². The lowest BCUT2D eigenvalue weighted by Gasteiger charge is -2.22. The number of hydrogen-bond acceptors (Lipinski definition) is 3. The van der Waals surface area contributed by atoms with E-state index in [1.165, 1.54) is 0 Å². The second-order valence-electron chi connectivity index (χ2n) is 4.80. The molecule has 1 aromatic rings. The van der Waals surface area contributed by atoms with E-state index in [-0.39, 0.29) is 5.91 Å². The number of hydrogen-bond donors (Lipinski definition) is 2. The van der Waals surface area contributed by atoms with Gasteiger partial charge in [0.1, 0.15) is 5.54 Å². The van der Waals surface area contributed by atoms with Gasteiger partial charge in [0.25, 0.3) is 5.91 Å². The van der Waals surface area contributed by atoms with E-state index in [0.29, 0.717) is 19.1 Å². The van der Waals surface area contributed by atoms with E-state index in [4.69, 9.17) is 4.74 Å². The normalized spacial score (nSPS) is 24.4. The second kappa shape index (κ2) is 5.40. The molecule has 1 atom stereocenters. The fraction of sp³-hybridized carbons (Fsp3) is 0.429. The number of methoxy groups -OCH3 is 1. The van der Waals surface area contributed by atoms with Crippen molar-refractivity contribution in [1.29, 1.82) is 0 Å². The number of nitrogens with zero attached hydrogens (tertiary/aromatic N) is 1. The van der Waals surface area contributed by atoms with Crippen LogP contribution in [0.5, 0.6) is 0 Å². The number of benzene rings is 1. The first kappa shape index (κ1) is 13.5. The second-order valence-corrected chi connectivity index (χ2v) is 4.80. The average molecular weight is 261 g/mol. The largest absolute Gasteiger partial charge is 0.383 e. The summed E-state index contributed by atoms with van der Waals surface area (Å²) in [5.74, 6) is 0.417. The lowest BCUT2D eigenvalue weighted by Crippen LogP contribution is -2.40. The lowest BCUT2D eigenvalue weighted by molar-refractivity contribution is -0.123. The molecule has 1 saturated heterocycles. The number of amides is 1. The summed E-state index contributed by atoms with van der Waals surface area (Å²) in [7, 11) is 1.62. The predicted octanol–water partition coefficient (Wildman–Crippen LogP) is 0.932. The molecule has 2 N–H and O–H groups in total. The maximum absolute atomic E-state index is 12.2. The summed E-state index contributed by atoms with van der Waals surface area (Å²) in [6.07, 6.45) is 0. The van der Waals surface area contributed by atoms with Gasteiger partial charge in [0.15, 0.2) is 5.96 Å².